The summed E-state index contributed by atoms with van der Waals surface area (Å²) in [7, 11) is 0. The zero-order valence-electron chi connectivity index (χ0n) is 22.9. The molecule has 2 amide bonds. The first-order chi connectivity index (χ1) is 19.1. The van der Waals surface area contributed by atoms with Crippen LogP contribution in [0.15, 0.2) is 64.0 Å². The van der Waals surface area contributed by atoms with Crippen molar-refractivity contribution in [3.8, 4) is 0 Å². The molecular formula is C30H41N7O2. The third kappa shape index (κ3) is 6.47. The molecule has 2 saturated heterocycles. The monoisotopic (exact) mass is 531 g/mol. The Labute approximate surface area is 231 Å². The van der Waals surface area contributed by atoms with Crippen molar-refractivity contribution in [2.75, 3.05) is 32.7 Å². The molecule has 0 radical (unpaired) electrons. The van der Waals surface area contributed by atoms with E-state index in [1.807, 2.05) is 40.1 Å². The first-order valence-electron chi connectivity index (χ1n) is 14.5. The lowest BCUT2D eigenvalue weighted by Crippen LogP contribution is -2.42. The molecule has 1 aromatic rings. The van der Waals surface area contributed by atoms with E-state index in [1.165, 1.54) is 5.57 Å². The molecule has 9 nitrogen and oxygen atoms in total. The van der Waals surface area contributed by atoms with Crippen LogP contribution in [0.25, 0.3) is 5.57 Å². The van der Waals surface area contributed by atoms with Gasteiger partial charge in [-0.3, -0.25) is 14.9 Å². The number of amides is 2. The predicted octanol–water partition coefficient (Wildman–Crippen LogP) is 3.57. The van der Waals surface area contributed by atoms with Gasteiger partial charge in [0.05, 0.1) is 0 Å². The maximum absolute atomic E-state index is 13.7. The van der Waals surface area contributed by atoms with Crippen LogP contribution in [0, 0.1) is 0 Å². The van der Waals surface area contributed by atoms with Gasteiger partial charge in [0.15, 0.2) is 0 Å². The van der Waals surface area contributed by atoms with Gasteiger partial charge in [-0.05, 0) is 80.0 Å². The smallest absolute Gasteiger partial charge is 0.253 e. The largest absolute Gasteiger partial charge is 0.339 e. The number of nitrogens with two attached hydrogens (primary N) is 1. The number of carbonyl (C=O) groups excluding carboxylic acids is 2. The molecule has 0 aromatic heterocycles. The van der Waals surface area contributed by atoms with Gasteiger partial charge in [0.1, 0.15) is 6.17 Å². The van der Waals surface area contributed by atoms with Gasteiger partial charge >= 0.3 is 0 Å². The van der Waals surface area contributed by atoms with Gasteiger partial charge < -0.3 is 21.0 Å². The summed E-state index contributed by atoms with van der Waals surface area (Å²) in [6.45, 7) is 6.28. The van der Waals surface area contributed by atoms with Crippen molar-refractivity contribution in [1.82, 2.24) is 20.4 Å². The van der Waals surface area contributed by atoms with Crippen LogP contribution < -0.4 is 16.5 Å². The number of nitrogens with one attached hydrogen (secondary N) is 2. The molecular weight excluding hydrogens is 490 g/mol. The summed E-state index contributed by atoms with van der Waals surface area (Å²) in [4.78, 5) is 30.4. The number of rotatable bonds is 8. The van der Waals surface area contributed by atoms with Crippen LogP contribution in [0.3, 0.4) is 0 Å². The first-order valence-corrected chi connectivity index (χ1v) is 14.5. The number of benzene rings is 1. The number of nitrogens with zero attached hydrogens (tertiary/aromatic N) is 4. The highest BCUT2D eigenvalue weighted by Crippen LogP contribution is 2.32. The van der Waals surface area contributed by atoms with E-state index in [4.69, 9.17) is 5.84 Å². The summed E-state index contributed by atoms with van der Waals surface area (Å²) in [6.07, 6.45) is 12.4. The molecule has 9 heteroatoms. The molecule has 4 N–H and O–H groups in total. The van der Waals surface area contributed by atoms with Gasteiger partial charge in [0.2, 0.25) is 5.91 Å². The maximum atomic E-state index is 13.7. The number of carbonyl (C=O) groups is 2. The number of likely N-dealkylation sites (tertiary alicyclic amines) is 1. The topological polar surface area (TPSA) is 115 Å². The molecule has 3 aliphatic heterocycles. The van der Waals surface area contributed by atoms with Crippen molar-refractivity contribution in [3.63, 3.8) is 0 Å². The van der Waals surface area contributed by atoms with E-state index in [1.54, 1.807) is 0 Å². The molecule has 2 fully saturated rings. The zero-order chi connectivity index (χ0) is 27.2. The maximum Gasteiger partial charge on any atom is 0.253 e. The summed E-state index contributed by atoms with van der Waals surface area (Å²) < 4.78 is 0. The lowest BCUT2D eigenvalue weighted by atomic mass is 9.88. The second-order valence-electron chi connectivity index (χ2n) is 11.0. The number of hydrogen-bond donors (Lipinski definition) is 3. The van der Waals surface area contributed by atoms with Gasteiger partial charge in [-0.2, -0.15) is 5.11 Å². The molecule has 0 bridgehead atoms. The Morgan fingerprint density at radius 3 is 2.59 bits per heavy atom. The molecule has 5 rings (SSSR count). The van der Waals surface area contributed by atoms with Gasteiger partial charge in [-0.25, -0.2) is 0 Å². The quantitative estimate of drug-likeness (QED) is 0.270. The van der Waals surface area contributed by atoms with Crippen LogP contribution in [0.1, 0.15) is 67.8 Å². The van der Waals surface area contributed by atoms with Crippen LogP contribution in [0.5, 0.6) is 0 Å². The molecule has 3 unspecified atom stereocenters. The molecule has 0 spiro atoms. The molecule has 3 atom stereocenters. The van der Waals surface area contributed by atoms with Gasteiger partial charge in [0.25, 0.3) is 5.91 Å². The van der Waals surface area contributed by atoms with Crippen LogP contribution in [0.2, 0.25) is 0 Å². The highest BCUT2D eigenvalue weighted by molar-refractivity contribution is 5.95. The lowest BCUT2D eigenvalue weighted by molar-refractivity contribution is -0.127. The van der Waals surface area contributed by atoms with Crippen molar-refractivity contribution in [2.45, 2.75) is 70.1 Å². The van der Waals surface area contributed by atoms with E-state index in [0.29, 0.717) is 12.5 Å². The van der Waals surface area contributed by atoms with Crippen molar-refractivity contribution in [3.05, 3.63) is 64.8 Å². The standard InChI is InChI=1S/C30H41N7O2/c1-2-14-37(20-26-6-5-13-32-26)30(39)25-17-24-12-11-23(18-27(24)33-28(19-25)34-35-31)21-7-9-22(10-8-21)29(38)36-15-3-4-16-36/h7-12,17,26-28,32-33H,2-6,13-16,18-20H2,1H3,(H2,31,34). The van der Waals surface area contributed by atoms with E-state index >= 15 is 0 Å². The molecule has 1 aromatic carbocycles. The Kier molecular flexibility index (Phi) is 8.88. The van der Waals surface area contributed by atoms with Crippen LogP contribution >= 0.6 is 0 Å². The Bertz CT molecular complexity index is 1160. The minimum Gasteiger partial charge on any atom is -0.339 e. The molecule has 208 valence electrons. The second kappa shape index (κ2) is 12.7. The summed E-state index contributed by atoms with van der Waals surface area (Å²) in [6, 6.07) is 8.26. The van der Waals surface area contributed by atoms with Crippen LogP contribution in [-0.2, 0) is 4.79 Å². The van der Waals surface area contributed by atoms with Gasteiger partial charge in [-0.15, -0.1) is 0 Å². The Balaban J connectivity index is 1.36. The van der Waals surface area contributed by atoms with Crippen molar-refractivity contribution >= 4 is 17.4 Å². The lowest BCUT2D eigenvalue weighted by Gasteiger charge is -2.27. The average molecular weight is 532 g/mol. The fourth-order valence-corrected chi connectivity index (χ4v) is 6.16. The molecule has 4 aliphatic rings. The summed E-state index contributed by atoms with van der Waals surface area (Å²) in [5, 5.41) is 14.9. The molecule has 3 heterocycles. The van der Waals surface area contributed by atoms with E-state index in [-0.39, 0.29) is 24.0 Å². The minimum absolute atomic E-state index is 0.0205. The average Bonchev–Trinajstić information content (AvgIpc) is 3.65. The fourth-order valence-electron chi connectivity index (χ4n) is 6.16. The van der Waals surface area contributed by atoms with Crippen LogP contribution in [0.4, 0.5) is 0 Å². The van der Waals surface area contributed by atoms with Crippen molar-refractivity contribution in [2.24, 2.45) is 16.2 Å². The summed E-state index contributed by atoms with van der Waals surface area (Å²) in [5.74, 6) is 5.64. The number of hydrogen-bond acceptors (Lipinski definition) is 6. The molecule has 0 saturated carbocycles. The zero-order valence-corrected chi connectivity index (χ0v) is 22.9. The molecule has 1 aliphatic carbocycles. The normalized spacial score (nSPS) is 25.1. The van der Waals surface area contributed by atoms with Gasteiger partial charge in [0, 0.05) is 55.8 Å². The minimum atomic E-state index is -0.381. The molecule has 39 heavy (non-hydrogen) atoms. The Hall–Kier alpha value is -3.30. The third-order valence-electron chi connectivity index (χ3n) is 8.21. The highest BCUT2D eigenvalue weighted by atomic mass is 16.2. The van der Waals surface area contributed by atoms with E-state index in [9.17, 15) is 9.59 Å². The first kappa shape index (κ1) is 27.3. The van der Waals surface area contributed by atoms with E-state index in [0.717, 1.165) is 93.5 Å². The van der Waals surface area contributed by atoms with Crippen molar-refractivity contribution < 1.29 is 9.59 Å². The SMILES string of the molecule is CCCN(CC1CCCN1)C(=O)C1=CC2=CC=C(c3ccc(C(=O)N4CCCC4)cc3)CC2NC(N=NN)C1. The summed E-state index contributed by atoms with van der Waals surface area (Å²) >= 11 is 0. The van der Waals surface area contributed by atoms with Crippen LogP contribution in [-0.4, -0.2) is 72.6 Å². The fraction of sp³-hybridized carbons (Fsp3) is 0.533. The van der Waals surface area contributed by atoms with E-state index in [2.05, 4.69) is 40.0 Å². The Morgan fingerprint density at radius 2 is 1.90 bits per heavy atom. The highest BCUT2D eigenvalue weighted by Gasteiger charge is 2.31. The van der Waals surface area contributed by atoms with E-state index < -0.39 is 0 Å². The Morgan fingerprint density at radius 1 is 1.10 bits per heavy atom. The predicted molar refractivity (Wildman–Crippen MR) is 153 cm³/mol. The number of allylic oxidation sites excluding steroid dienone is 2. The van der Waals surface area contributed by atoms with Crippen molar-refractivity contribution in [1.29, 1.82) is 0 Å². The summed E-state index contributed by atoms with van der Waals surface area (Å²) in [5.41, 5.74) is 4.79. The van der Waals surface area contributed by atoms with Gasteiger partial charge in [-0.1, -0.05) is 36.4 Å². The number of fused-ring (bicyclic) bond motifs is 1. The third-order valence-corrected chi connectivity index (χ3v) is 8.21. The second-order valence-corrected chi connectivity index (χ2v) is 11.0.